The van der Waals surface area contributed by atoms with Gasteiger partial charge in [0.2, 0.25) is 5.91 Å². The number of ether oxygens (including phenoxy) is 1. The van der Waals surface area contributed by atoms with Crippen LogP contribution in [0, 0.1) is 5.92 Å². The van der Waals surface area contributed by atoms with Crippen LogP contribution in [0.5, 0.6) is 5.75 Å². The number of anilines is 1. The smallest absolute Gasteiger partial charge is 0.244 e. The number of rotatable bonds is 4. The zero-order chi connectivity index (χ0) is 14.2. The third-order valence-corrected chi connectivity index (χ3v) is 4.68. The topological polar surface area (TPSA) is 64.3 Å². The lowest BCUT2D eigenvalue weighted by Gasteiger charge is -2.23. The molecule has 1 saturated carbocycles. The second-order valence-electron chi connectivity index (χ2n) is 4.98. The predicted molar refractivity (Wildman–Crippen MR) is 82.3 cm³/mol. The molecule has 1 amide bonds. The van der Waals surface area contributed by atoms with Crippen LogP contribution in [0.4, 0.5) is 5.69 Å². The van der Waals surface area contributed by atoms with Gasteiger partial charge in [-0.1, -0.05) is 0 Å². The molecule has 6 heteroatoms. The first-order valence-electron chi connectivity index (χ1n) is 5.99. The first kappa shape index (κ1) is 14.8. The molecule has 4 nitrogen and oxygen atoms in total. The summed E-state index contributed by atoms with van der Waals surface area (Å²) >= 11 is 6.81. The van der Waals surface area contributed by atoms with Crippen LogP contribution in [0.3, 0.4) is 0 Å². The van der Waals surface area contributed by atoms with E-state index in [4.69, 9.17) is 10.5 Å². The van der Waals surface area contributed by atoms with E-state index in [1.165, 1.54) is 0 Å². The van der Waals surface area contributed by atoms with Crippen molar-refractivity contribution in [1.82, 2.24) is 0 Å². The van der Waals surface area contributed by atoms with E-state index in [1.54, 1.807) is 20.1 Å². The van der Waals surface area contributed by atoms with Gasteiger partial charge in [-0.2, -0.15) is 0 Å². The molecule has 0 bridgehead atoms. The average molecular weight is 392 g/mol. The summed E-state index contributed by atoms with van der Waals surface area (Å²) in [6.07, 6.45) is 2.04. The van der Waals surface area contributed by atoms with Crippen molar-refractivity contribution in [1.29, 1.82) is 0 Å². The largest absolute Gasteiger partial charge is 0.495 e. The number of carbonyl (C=O) groups excluding carboxylic acids is 1. The van der Waals surface area contributed by atoms with Crippen LogP contribution in [0.1, 0.15) is 19.8 Å². The Morgan fingerprint density at radius 1 is 1.42 bits per heavy atom. The van der Waals surface area contributed by atoms with E-state index in [1.807, 2.05) is 6.07 Å². The summed E-state index contributed by atoms with van der Waals surface area (Å²) in [6.45, 7) is 1.78. The van der Waals surface area contributed by atoms with Crippen molar-refractivity contribution in [3.63, 3.8) is 0 Å². The zero-order valence-corrected chi connectivity index (χ0v) is 14.0. The quantitative estimate of drug-likeness (QED) is 0.827. The Morgan fingerprint density at radius 3 is 2.58 bits per heavy atom. The molecule has 19 heavy (non-hydrogen) atoms. The van der Waals surface area contributed by atoms with Crippen LogP contribution in [0.25, 0.3) is 0 Å². The Bertz CT molecular complexity index is 514. The number of carbonyl (C=O) groups is 1. The summed E-state index contributed by atoms with van der Waals surface area (Å²) < 4.78 is 6.81. The van der Waals surface area contributed by atoms with Crippen molar-refractivity contribution in [3.8, 4) is 5.75 Å². The molecular weight excluding hydrogens is 376 g/mol. The van der Waals surface area contributed by atoms with Gasteiger partial charge in [0.05, 0.1) is 22.8 Å². The molecule has 2 rings (SSSR count). The van der Waals surface area contributed by atoms with E-state index in [-0.39, 0.29) is 11.8 Å². The molecule has 0 radical (unpaired) electrons. The molecule has 0 heterocycles. The first-order valence-corrected chi connectivity index (χ1v) is 7.58. The lowest BCUT2D eigenvalue weighted by molar-refractivity contribution is -0.121. The Balaban J connectivity index is 2.21. The number of hydrogen-bond donors (Lipinski definition) is 2. The Labute approximate surface area is 129 Å². The van der Waals surface area contributed by atoms with Crippen molar-refractivity contribution >= 4 is 43.5 Å². The van der Waals surface area contributed by atoms with Crippen molar-refractivity contribution in [2.24, 2.45) is 11.7 Å². The highest BCUT2D eigenvalue weighted by Gasteiger charge is 2.44. The SMILES string of the molecule is COc1cc(NC(=O)C(C)(N)C2CC2)c(Br)cc1Br. The van der Waals surface area contributed by atoms with E-state index < -0.39 is 5.54 Å². The van der Waals surface area contributed by atoms with Crippen molar-refractivity contribution < 1.29 is 9.53 Å². The minimum Gasteiger partial charge on any atom is -0.495 e. The van der Waals surface area contributed by atoms with Crippen molar-refractivity contribution in [2.45, 2.75) is 25.3 Å². The normalized spacial score (nSPS) is 17.7. The summed E-state index contributed by atoms with van der Waals surface area (Å²) in [5, 5.41) is 2.86. The summed E-state index contributed by atoms with van der Waals surface area (Å²) in [4.78, 5) is 12.2. The van der Waals surface area contributed by atoms with E-state index in [9.17, 15) is 4.79 Å². The number of methoxy groups -OCH3 is 1. The van der Waals surface area contributed by atoms with E-state index in [0.29, 0.717) is 11.4 Å². The molecule has 1 fully saturated rings. The fraction of sp³-hybridized carbons (Fsp3) is 0.462. The molecule has 1 aromatic rings. The maximum Gasteiger partial charge on any atom is 0.244 e. The van der Waals surface area contributed by atoms with Gasteiger partial charge in [-0.15, -0.1) is 0 Å². The molecule has 3 N–H and O–H groups in total. The maximum atomic E-state index is 12.2. The molecule has 0 spiro atoms. The lowest BCUT2D eigenvalue weighted by atomic mass is 9.96. The van der Waals surface area contributed by atoms with Crippen LogP contribution < -0.4 is 15.8 Å². The third-order valence-electron chi connectivity index (χ3n) is 3.40. The Morgan fingerprint density at radius 2 is 2.05 bits per heavy atom. The molecular formula is C13H16Br2N2O2. The molecule has 1 aliphatic carbocycles. The summed E-state index contributed by atoms with van der Waals surface area (Å²) in [7, 11) is 1.58. The average Bonchev–Trinajstić information content (AvgIpc) is 3.16. The highest BCUT2D eigenvalue weighted by atomic mass is 79.9. The fourth-order valence-electron chi connectivity index (χ4n) is 1.91. The predicted octanol–water partition coefficient (Wildman–Crippen LogP) is 3.29. The van der Waals surface area contributed by atoms with Crippen LogP contribution >= 0.6 is 31.9 Å². The van der Waals surface area contributed by atoms with Gasteiger partial charge in [-0.3, -0.25) is 4.79 Å². The molecule has 1 aromatic carbocycles. The van der Waals surface area contributed by atoms with Crippen molar-refractivity contribution in [2.75, 3.05) is 12.4 Å². The van der Waals surface area contributed by atoms with Gasteiger partial charge in [0.1, 0.15) is 5.75 Å². The van der Waals surface area contributed by atoms with E-state index >= 15 is 0 Å². The van der Waals surface area contributed by atoms with Gasteiger partial charge in [0.25, 0.3) is 0 Å². The van der Waals surface area contributed by atoms with Gasteiger partial charge in [0.15, 0.2) is 0 Å². The highest BCUT2D eigenvalue weighted by Crippen LogP contribution is 2.40. The van der Waals surface area contributed by atoms with Gasteiger partial charge >= 0.3 is 0 Å². The first-order chi connectivity index (χ1) is 8.86. The number of benzene rings is 1. The molecule has 1 atom stereocenters. The molecule has 1 aliphatic rings. The second kappa shape index (κ2) is 5.42. The second-order valence-corrected chi connectivity index (χ2v) is 6.69. The van der Waals surface area contributed by atoms with Gasteiger partial charge in [-0.25, -0.2) is 0 Å². The van der Waals surface area contributed by atoms with Gasteiger partial charge in [0, 0.05) is 10.5 Å². The van der Waals surface area contributed by atoms with Crippen LogP contribution in [-0.4, -0.2) is 18.6 Å². The number of nitrogens with one attached hydrogen (secondary N) is 1. The minimum absolute atomic E-state index is 0.167. The fourth-order valence-corrected chi connectivity index (χ4v) is 3.16. The molecule has 0 aliphatic heterocycles. The Kier molecular flexibility index (Phi) is 4.23. The molecule has 1 unspecified atom stereocenters. The maximum absolute atomic E-state index is 12.2. The van der Waals surface area contributed by atoms with Gasteiger partial charge < -0.3 is 15.8 Å². The van der Waals surface area contributed by atoms with E-state index in [2.05, 4.69) is 37.2 Å². The molecule has 0 aromatic heterocycles. The minimum atomic E-state index is -0.820. The van der Waals surface area contributed by atoms with Crippen LogP contribution in [0.15, 0.2) is 21.1 Å². The summed E-state index contributed by atoms with van der Waals surface area (Å²) in [5.41, 5.74) is 5.93. The van der Waals surface area contributed by atoms with Crippen LogP contribution in [0.2, 0.25) is 0 Å². The third kappa shape index (κ3) is 3.12. The zero-order valence-electron chi connectivity index (χ0n) is 10.8. The van der Waals surface area contributed by atoms with E-state index in [0.717, 1.165) is 21.8 Å². The summed E-state index contributed by atoms with van der Waals surface area (Å²) in [5.74, 6) is 0.771. The summed E-state index contributed by atoms with van der Waals surface area (Å²) in [6, 6.07) is 3.59. The van der Waals surface area contributed by atoms with Crippen LogP contribution in [-0.2, 0) is 4.79 Å². The van der Waals surface area contributed by atoms with Gasteiger partial charge in [-0.05, 0) is 63.6 Å². The number of amides is 1. The molecule has 104 valence electrons. The van der Waals surface area contributed by atoms with Crippen molar-refractivity contribution in [3.05, 3.63) is 21.1 Å². The standard InChI is InChI=1S/C13H16Br2N2O2/c1-13(16,7-3-4-7)12(18)17-10-6-11(19-2)9(15)5-8(10)14/h5-7H,3-4,16H2,1-2H3,(H,17,18). The monoisotopic (exact) mass is 390 g/mol. The number of hydrogen-bond acceptors (Lipinski definition) is 3. The lowest BCUT2D eigenvalue weighted by Crippen LogP contribution is -2.50. The molecule has 0 saturated heterocycles. The number of halogens is 2. The highest BCUT2D eigenvalue weighted by molar-refractivity contribution is 9.11. The number of nitrogens with two attached hydrogens (primary N) is 1. The Hall–Kier alpha value is -0.590.